The molecule has 1 aromatic carbocycles. The van der Waals surface area contributed by atoms with Crippen molar-refractivity contribution in [3.8, 4) is 0 Å². The Bertz CT molecular complexity index is 394. The Morgan fingerprint density at radius 3 is 2.71 bits per heavy atom. The van der Waals surface area contributed by atoms with E-state index >= 15 is 0 Å². The van der Waals surface area contributed by atoms with E-state index < -0.39 is 18.3 Å². The number of benzene rings is 1. The summed E-state index contributed by atoms with van der Waals surface area (Å²) in [4.78, 5) is 12.1. The fraction of sp³-hybridized carbons (Fsp3) is 0.533. The molecule has 17 heavy (non-hydrogen) atoms. The molecule has 0 spiro atoms. The van der Waals surface area contributed by atoms with E-state index in [0.717, 1.165) is 12.8 Å². The second-order valence-electron chi connectivity index (χ2n) is 3.90. The summed E-state index contributed by atoms with van der Waals surface area (Å²) in [5, 5.41) is 0. The molecule has 0 fully saturated rings. The zero-order valence-electron chi connectivity index (χ0n) is 12.6. The minimum atomic E-state index is -1.52. The van der Waals surface area contributed by atoms with Crippen LogP contribution in [0.2, 0.25) is 0 Å². The summed E-state index contributed by atoms with van der Waals surface area (Å²) < 4.78 is 21.7. The molecule has 0 N–H and O–H groups in total. The lowest BCUT2D eigenvalue weighted by Gasteiger charge is -2.15. The zero-order valence-corrected chi connectivity index (χ0v) is 10.6. The summed E-state index contributed by atoms with van der Waals surface area (Å²) in [6.07, 6.45) is 1.07. The summed E-state index contributed by atoms with van der Waals surface area (Å²) in [7, 11) is 0. The largest absolute Gasteiger partial charge is 0.466 e. The maximum atomic E-state index is 12.1. The summed E-state index contributed by atoms with van der Waals surface area (Å²) in [6, 6.07) is 9.07. The minimum Gasteiger partial charge on any atom is -0.466 e. The van der Waals surface area contributed by atoms with Crippen LogP contribution in [0.25, 0.3) is 0 Å². The number of hydrogen-bond donors (Lipinski definition) is 0. The van der Waals surface area contributed by atoms with Crippen molar-refractivity contribution in [2.75, 3.05) is 6.61 Å². The molecule has 2 atom stereocenters. The van der Waals surface area contributed by atoms with Gasteiger partial charge in [-0.2, -0.15) is 0 Å². The van der Waals surface area contributed by atoms with E-state index in [1.807, 2.05) is 25.1 Å². The molecule has 0 aliphatic carbocycles. The predicted octanol–water partition coefficient (Wildman–Crippen LogP) is 3.60. The van der Waals surface area contributed by atoms with Gasteiger partial charge in [0.05, 0.1) is 12.5 Å². The van der Waals surface area contributed by atoms with Crippen molar-refractivity contribution in [3.05, 3.63) is 35.9 Å². The van der Waals surface area contributed by atoms with Gasteiger partial charge in [-0.15, -0.1) is 0 Å². The maximum absolute atomic E-state index is 12.1. The third kappa shape index (κ3) is 5.03. The first-order chi connectivity index (χ1) is 9.06. The van der Waals surface area contributed by atoms with Gasteiger partial charge in [-0.05, 0) is 25.3 Å². The molecule has 1 aromatic rings. The van der Waals surface area contributed by atoms with Crippen molar-refractivity contribution < 1.29 is 12.3 Å². The minimum absolute atomic E-state index is 0.243. The number of esters is 1. The first-order valence-corrected chi connectivity index (χ1v) is 6.20. The Kier molecular flexibility index (Phi) is 5.02. The van der Waals surface area contributed by atoms with Gasteiger partial charge in [0, 0.05) is 2.74 Å². The normalized spacial score (nSPS) is 17.5. The Morgan fingerprint density at radius 2 is 2.12 bits per heavy atom. The highest BCUT2D eigenvalue weighted by Gasteiger charge is 2.19. The molecule has 2 nitrogen and oxygen atoms in total. The van der Waals surface area contributed by atoms with E-state index in [1.165, 1.54) is 0 Å². The zero-order chi connectivity index (χ0) is 14.3. The van der Waals surface area contributed by atoms with Gasteiger partial charge in [0.25, 0.3) is 0 Å². The first kappa shape index (κ1) is 10.8. The van der Waals surface area contributed by atoms with Gasteiger partial charge in [-0.25, -0.2) is 0 Å². The molecule has 0 saturated carbocycles. The summed E-state index contributed by atoms with van der Waals surface area (Å²) in [5.41, 5.74) is 0.682. The third-order valence-electron chi connectivity index (χ3n) is 2.48. The van der Waals surface area contributed by atoms with Gasteiger partial charge in [0.1, 0.15) is 0 Å². The molecule has 0 bridgehead atoms. The van der Waals surface area contributed by atoms with E-state index in [-0.39, 0.29) is 6.61 Å². The SMILES string of the molecule is [2H]C(c1ccccc1)C([2H])(CCCC)C(=O)OCC. The molecular formula is C15H22O2. The molecule has 0 aromatic heterocycles. The fourth-order valence-corrected chi connectivity index (χ4v) is 1.57. The lowest BCUT2D eigenvalue weighted by Crippen LogP contribution is -2.20. The summed E-state index contributed by atoms with van der Waals surface area (Å²) in [5.74, 6) is -2.11. The summed E-state index contributed by atoms with van der Waals surface area (Å²) in [6.45, 7) is 3.97. The van der Waals surface area contributed by atoms with Crippen LogP contribution in [-0.2, 0) is 15.9 Å². The van der Waals surface area contributed by atoms with Crippen molar-refractivity contribution in [2.45, 2.75) is 39.5 Å². The number of carbonyl (C=O) groups excluding carboxylic acids is 1. The van der Waals surface area contributed by atoms with Gasteiger partial charge in [0.15, 0.2) is 0 Å². The summed E-state index contributed by atoms with van der Waals surface area (Å²) >= 11 is 0. The standard InChI is InChI=1S/C15H22O2/c1-3-5-11-14(15(16)17-4-2)12-13-9-7-6-8-10-13/h6-10,14H,3-5,11-12H2,1-2H3/i12D,14D. The number of ether oxygens (including phenoxy) is 1. The molecule has 0 aliphatic rings. The molecule has 2 unspecified atom stereocenters. The molecule has 0 saturated heterocycles. The second kappa shape index (κ2) is 7.88. The number of hydrogen-bond acceptors (Lipinski definition) is 2. The molecule has 0 aliphatic heterocycles. The van der Waals surface area contributed by atoms with Crippen LogP contribution in [0.1, 0.15) is 41.4 Å². The second-order valence-corrected chi connectivity index (χ2v) is 3.90. The average Bonchev–Trinajstić information content (AvgIpc) is 2.45. The van der Waals surface area contributed by atoms with Crippen LogP contribution < -0.4 is 0 Å². The van der Waals surface area contributed by atoms with Crippen molar-refractivity contribution >= 4 is 5.97 Å². The number of carbonyl (C=O) groups is 1. The molecule has 0 heterocycles. The molecule has 0 radical (unpaired) electrons. The van der Waals surface area contributed by atoms with Crippen molar-refractivity contribution in [3.63, 3.8) is 0 Å². The van der Waals surface area contributed by atoms with Crippen LogP contribution in [0.15, 0.2) is 30.3 Å². The molecule has 1 rings (SSSR count). The van der Waals surface area contributed by atoms with Crippen LogP contribution in [0, 0.1) is 5.89 Å². The van der Waals surface area contributed by atoms with Gasteiger partial charge < -0.3 is 4.74 Å². The molecule has 2 heteroatoms. The van der Waals surface area contributed by atoms with E-state index in [9.17, 15) is 4.79 Å². The lowest BCUT2D eigenvalue weighted by atomic mass is 9.94. The monoisotopic (exact) mass is 236 g/mol. The van der Waals surface area contributed by atoms with E-state index in [0.29, 0.717) is 12.0 Å². The van der Waals surface area contributed by atoms with Gasteiger partial charge in [-0.1, -0.05) is 50.1 Å². The molecule has 94 valence electrons. The van der Waals surface area contributed by atoms with Crippen LogP contribution >= 0.6 is 0 Å². The lowest BCUT2D eigenvalue weighted by molar-refractivity contribution is -0.148. The molecule has 0 amide bonds. The Hall–Kier alpha value is -1.31. The first-order valence-electron chi connectivity index (χ1n) is 7.28. The van der Waals surface area contributed by atoms with E-state index in [2.05, 4.69) is 0 Å². The highest BCUT2D eigenvalue weighted by atomic mass is 16.5. The maximum Gasteiger partial charge on any atom is 0.309 e. The Morgan fingerprint density at radius 1 is 1.41 bits per heavy atom. The van der Waals surface area contributed by atoms with Gasteiger partial charge in [-0.3, -0.25) is 4.79 Å². The fourth-order valence-electron chi connectivity index (χ4n) is 1.57. The van der Waals surface area contributed by atoms with E-state index in [1.54, 1.807) is 19.1 Å². The Labute approximate surface area is 107 Å². The molecular weight excluding hydrogens is 212 g/mol. The highest BCUT2D eigenvalue weighted by Crippen LogP contribution is 2.17. The predicted molar refractivity (Wildman–Crippen MR) is 69.8 cm³/mol. The van der Waals surface area contributed by atoms with Crippen LogP contribution in [-0.4, -0.2) is 12.6 Å². The van der Waals surface area contributed by atoms with Crippen molar-refractivity contribution in [2.24, 2.45) is 5.89 Å². The smallest absolute Gasteiger partial charge is 0.309 e. The Balaban J connectivity index is 2.98. The average molecular weight is 236 g/mol. The van der Waals surface area contributed by atoms with Gasteiger partial charge in [0.2, 0.25) is 0 Å². The van der Waals surface area contributed by atoms with Crippen LogP contribution in [0.3, 0.4) is 0 Å². The van der Waals surface area contributed by atoms with E-state index in [4.69, 9.17) is 7.48 Å². The number of unbranched alkanes of at least 4 members (excludes halogenated alkanes) is 1. The van der Waals surface area contributed by atoms with Crippen LogP contribution in [0.4, 0.5) is 0 Å². The van der Waals surface area contributed by atoms with Crippen LogP contribution in [0.5, 0.6) is 0 Å². The van der Waals surface area contributed by atoms with Crippen molar-refractivity contribution in [1.82, 2.24) is 0 Å². The third-order valence-corrected chi connectivity index (χ3v) is 2.48. The van der Waals surface area contributed by atoms with Gasteiger partial charge >= 0.3 is 5.97 Å². The quantitative estimate of drug-likeness (QED) is 0.676. The van der Waals surface area contributed by atoms with Crippen molar-refractivity contribution in [1.29, 1.82) is 0 Å². The number of rotatable bonds is 7. The highest BCUT2D eigenvalue weighted by molar-refractivity contribution is 5.72. The topological polar surface area (TPSA) is 26.3 Å².